The Bertz CT molecular complexity index is 139. The van der Waals surface area contributed by atoms with Gasteiger partial charge in [-0.15, -0.1) is 0 Å². The first kappa shape index (κ1) is 5.63. The van der Waals surface area contributed by atoms with Gasteiger partial charge in [0.25, 0.3) is 0 Å². The summed E-state index contributed by atoms with van der Waals surface area (Å²) in [7, 11) is 1.86. The summed E-state index contributed by atoms with van der Waals surface area (Å²) >= 11 is 5.59. The van der Waals surface area contributed by atoms with Crippen molar-refractivity contribution in [3.63, 3.8) is 0 Å². The van der Waals surface area contributed by atoms with Gasteiger partial charge in [0, 0.05) is 13.2 Å². The van der Waals surface area contributed by atoms with Gasteiger partial charge in [-0.25, -0.2) is 0 Å². The van der Waals surface area contributed by atoms with Crippen LogP contribution >= 0.6 is 11.6 Å². The highest BCUT2D eigenvalue weighted by Crippen LogP contribution is 1.99. The van der Waals surface area contributed by atoms with Crippen molar-refractivity contribution in [2.45, 2.75) is 0 Å². The molecule has 0 amide bonds. The standard InChI is InChI=1S/C5H7ClN2/c1-8-4-2-3-7-5(8)6/h2,4H,3H2,1H3. The van der Waals surface area contributed by atoms with Crippen LogP contribution in [0.1, 0.15) is 0 Å². The molecule has 1 aliphatic heterocycles. The average Bonchev–Trinajstić information content (AvgIpc) is 1.77. The van der Waals surface area contributed by atoms with Gasteiger partial charge in [0.2, 0.25) is 0 Å². The summed E-state index contributed by atoms with van der Waals surface area (Å²) in [6.45, 7) is 0.711. The maximum atomic E-state index is 5.59. The van der Waals surface area contributed by atoms with Gasteiger partial charge in [0.1, 0.15) is 0 Å². The van der Waals surface area contributed by atoms with Crippen LogP contribution in [0.15, 0.2) is 17.3 Å². The molecule has 0 radical (unpaired) electrons. The largest absolute Gasteiger partial charge is 0.327 e. The molecule has 0 atom stereocenters. The van der Waals surface area contributed by atoms with Crippen LogP contribution in [-0.4, -0.2) is 23.8 Å². The van der Waals surface area contributed by atoms with Gasteiger partial charge in [0.05, 0.1) is 6.54 Å². The lowest BCUT2D eigenvalue weighted by atomic mass is 10.5. The molecule has 0 aliphatic carbocycles. The van der Waals surface area contributed by atoms with E-state index in [1.54, 1.807) is 4.90 Å². The van der Waals surface area contributed by atoms with Crippen molar-refractivity contribution in [3.8, 4) is 0 Å². The number of halogens is 1. The number of aliphatic imine (C=N–C) groups is 1. The van der Waals surface area contributed by atoms with Crippen LogP contribution in [0.2, 0.25) is 0 Å². The van der Waals surface area contributed by atoms with Crippen LogP contribution in [0.3, 0.4) is 0 Å². The van der Waals surface area contributed by atoms with E-state index in [1.165, 1.54) is 0 Å². The summed E-state index contributed by atoms with van der Waals surface area (Å²) < 4.78 is 0. The Morgan fingerprint density at radius 2 is 2.62 bits per heavy atom. The number of amidine groups is 1. The highest BCUT2D eigenvalue weighted by molar-refractivity contribution is 6.64. The molecule has 3 heteroatoms. The number of hydrogen-bond acceptors (Lipinski definition) is 2. The lowest BCUT2D eigenvalue weighted by molar-refractivity contribution is 0.683. The van der Waals surface area contributed by atoms with Crippen LogP contribution in [-0.2, 0) is 0 Å². The number of rotatable bonds is 0. The van der Waals surface area contributed by atoms with E-state index in [0.29, 0.717) is 11.8 Å². The van der Waals surface area contributed by atoms with E-state index in [0.717, 1.165) is 0 Å². The predicted octanol–water partition coefficient (Wildman–Crippen LogP) is 1.04. The summed E-state index contributed by atoms with van der Waals surface area (Å²) in [5.41, 5.74) is 0. The Kier molecular flexibility index (Phi) is 1.53. The summed E-state index contributed by atoms with van der Waals surface area (Å²) in [5.74, 6) is 0. The third kappa shape index (κ3) is 1.01. The van der Waals surface area contributed by atoms with Crippen molar-refractivity contribution in [2.75, 3.05) is 13.6 Å². The second kappa shape index (κ2) is 2.18. The Hall–Kier alpha value is -0.500. The lowest BCUT2D eigenvalue weighted by Crippen LogP contribution is -2.18. The van der Waals surface area contributed by atoms with E-state index >= 15 is 0 Å². The Morgan fingerprint density at radius 1 is 1.88 bits per heavy atom. The molecule has 0 aromatic heterocycles. The van der Waals surface area contributed by atoms with Crippen molar-refractivity contribution in [2.24, 2.45) is 4.99 Å². The van der Waals surface area contributed by atoms with Crippen molar-refractivity contribution in [1.29, 1.82) is 0 Å². The minimum absolute atomic E-state index is 0.563. The molecule has 1 rings (SSSR count). The van der Waals surface area contributed by atoms with Gasteiger partial charge in [-0.2, -0.15) is 0 Å². The zero-order chi connectivity index (χ0) is 5.98. The fraction of sp³-hybridized carbons (Fsp3) is 0.400. The van der Waals surface area contributed by atoms with Crippen LogP contribution in [0.5, 0.6) is 0 Å². The van der Waals surface area contributed by atoms with Gasteiger partial charge in [-0.3, -0.25) is 4.99 Å². The van der Waals surface area contributed by atoms with Gasteiger partial charge in [0.15, 0.2) is 5.29 Å². The minimum atomic E-state index is 0.563. The molecule has 0 saturated carbocycles. The van der Waals surface area contributed by atoms with Crippen LogP contribution in [0.25, 0.3) is 0 Å². The van der Waals surface area contributed by atoms with Crippen LogP contribution in [0, 0.1) is 0 Å². The summed E-state index contributed by atoms with van der Waals surface area (Å²) in [5, 5.41) is 0.563. The number of hydrogen-bond donors (Lipinski definition) is 0. The highest BCUT2D eigenvalue weighted by Gasteiger charge is 1.99. The van der Waals surface area contributed by atoms with E-state index in [1.807, 2.05) is 19.3 Å². The van der Waals surface area contributed by atoms with Crippen molar-refractivity contribution in [1.82, 2.24) is 4.90 Å². The van der Waals surface area contributed by atoms with E-state index in [4.69, 9.17) is 11.6 Å². The normalized spacial score (nSPS) is 18.8. The second-order valence-corrected chi connectivity index (χ2v) is 1.94. The Balaban J connectivity index is 2.63. The monoisotopic (exact) mass is 130 g/mol. The summed E-state index contributed by atoms with van der Waals surface area (Å²) in [6.07, 6.45) is 3.85. The molecule has 0 N–H and O–H groups in total. The molecule has 0 aromatic rings. The van der Waals surface area contributed by atoms with Gasteiger partial charge < -0.3 is 4.90 Å². The molecule has 0 unspecified atom stereocenters. The number of nitrogens with zero attached hydrogens (tertiary/aromatic N) is 2. The SMILES string of the molecule is CN1C=CCN=C1Cl. The van der Waals surface area contributed by atoms with Crippen molar-refractivity contribution < 1.29 is 0 Å². The molecule has 0 aromatic carbocycles. The molecule has 0 spiro atoms. The Labute approximate surface area is 53.5 Å². The fourth-order valence-electron chi connectivity index (χ4n) is 0.506. The topological polar surface area (TPSA) is 15.6 Å². The molecule has 1 heterocycles. The second-order valence-electron chi connectivity index (χ2n) is 1.61. The van der Waals surface area contributed by atoms with E-state index < -0.39 is 0 Å². The third-order valence-corrected chi connectivity index (χ3v) is 1.33. The lowest BCUT2D eigenvalue weighted by Gasteiger charge is -2.13. The predicted molar refractivity (Wildman–Crippen MR) is 35.1 cm³/mol. The molecule has 2 nitrogen and oxygen atoms in total. The molecular formula is C5H7ClN2. The van der Waals surface area contributed by atoms with Gasteiger partial charge >= 0.3 is 0 Å². The minimum Gasteiger partial charge on any atom is -0.327 e. The Morgan fingerprint density at radius 3 is 3.00 bits per heavy atom. The summed E-state index contributed by atoms with van der Waals surface area (Å²) in [4.78, 5) is 5.70. The third-order valence-electron chi connectivity index (χ3n) is 0.947. The van der Waals surface area contributed by atoms with E-state index in [2.05, 4.69) is 4.99 Å². The van der Waals surface area contributed by atoms with E-state index in [9.17, 15) is 0 Å². The first-order chi connectivity index (χ1) is 3.80. The molecule has 0 bridgehead atoms. The zero-order valence-corrected chi connectivity index (χ0v) is 5.39. The zero-order valence-electron chi connectivity index (χ0n) is 4.63. The molecule has 44 valence electrons. The highest BCUT2D eigenvalue weighted by atomic mass is 35.5. The smallest absolute Gasteiger partial charge is 0.197 e. The van der Waals surface area contributed by atoms with E-state index in [-0.39, 0.29) is 0 Å². The van der Waals surface area contributed by atoms with Crippen LogP contribution in [0.4, 0.5) is 0 Å². The molecule has 1 aliphatic rings. The average molecular weight is 131 g/mol. The maximum absolute atomic E-state index is 5.59. The first-order valence-corrected chi connectivity index (χ1v) is 2.78. The van der Waals surface area contributed by atoms with Crippen LogP contribution < -0.4 is 0 Å². The van der Waals surface area contributed by atoms with Gasteiger partial charge in [-0.05, 0) is 17.7 Å². The summed E-state index contributed by atoms with van der Waals surface area (Å²) in [6, 6.07) is 0. The molecule has 0 saturated heterocycles. The van der Waals surface area contributed by atoms with Crippen molar-refractivity contribution >= 4 is 16.9 Å². The molecule has 0 fully saturated rings. The van der Waals surface area contributed by atoms with Crippen molar-refractivity contribution in [3.05, 3.63) is 12.3 Å². The van der Waals surface area contributed by atoms with Gasteiger partial charge in [-0.1, -0.05) is 0 Å². The molecular weight excluding hydrogens is 124 g/mol. The maximum Gasteiger partial charge on any atom is 0.197 e. The quantitative estimate of drug-likeness (QED) is 0.448. The fourth-order valence-corrected chi connectivity index (χ4v) is 0.632. The molecule has 8 heavy (non-hydrogen) atoms. The first-order valence-electron chi connectivity index (χ1n) is 2.40.